The largest absolute Gasteiger partial charge is 0.358 e. The lowest BCUT2D eigenvalue weighted by Gasteiger charge is -1.93. The Labute approximate surface area is 87.6 Å². The summed E-state index contributed by atoms with van der Waals surface area (Å²) in [6, 6.07) is 6.51. The summed E-state index contributed by atoms with van der Waals surface area (Å²) in [5.74, 6) is 0. The molecule has 1 aromatic carbocycles. The summed E-state index contributed by atoms with van der Waals surface area (Å²) in [4.78, 5) is 3.35. The highest BCUT2D eigenvalue weighted by Gasteiger charge is 2.02. The van der Waals surface area contributed by atoms with Crippen LogP contribution in [0.5, 0.6) is 0 Å². The van der Waals surface area contributed by atoms with Crippen molar-refractivity contribution in [1.29, 1.82) is 0 Å². The van der Waals surface area contributed by atoms with E-state index in [9.17, 15) is 0 Å². The van der Waals surface area contributed by atoms with Crippen LogP contribution in [0.4, 0.5) is 0 Å². The van der Waals surface area contributed by atoms with Crippen LogP contribution < -0.4 is 0 Å². The number of aromatic amines is 1. The van der Waals surface area contributed by atoms with Gasteiger partial charge in [0.15, 0.2) is 0 Å². The molecule has 78 valence electrons. The Morgan fingerprint density at radius 3 is 2.36 bits per heavy atom. The van der Waals surface area contributed by atoms with E-state index in [-0.39, 0.29) is 1.43 Å². The van der Waals surface area contributed by atoms with Gasteiger partial charge in [-0.2, -0.15) is 0 Å². The second kappa shape index (κ2) is 4.32. The zero-order valence-electron chi connectivity index (χ0n) is 9.73. The minimum Gasteiger partial charge on any atom is -0.358 e. The van der Waals surface area contributed by atoms with Crippen LogP contribution in [0.2, 0.25) is 0 Å². The van der Waals surface area contributed by atoms with Gasteiger partial charge < -0.3 is 4.98 Å². The highest BCUT2D eigenvalue weighted by atomic mass is 14.7. The molecular weight excluding hydrogens is 170 g/mol. The van der Waals surface area contributed by atoms with Crippen molar-refractivity contribution in [3.05, 3.63) is 35.0 Å². The van der Waals surface area contributed by atoms with Gasteiger partial charge in [0.05, 0.1) is 0 Å². The lowest BCUT2D eigenvalue weighted by molar-refractivity contribution is 1.25. The molecule has 2 aromatic rings. The Morgan fingerprint density at radius 2 is 1.71 bits per heavy atom. The molecule has 0 amide bonds. The van der Waals surface area contributed by atoms with E-state index in [2.05, 4.69) is 44.0 Å². The second-order valence-corrected chi connectivity index (χ2v) is 3.42. The molecule has 1 heterocycles. The number of rotatable bonds is 0. The predicted octanol–water partition coefficient (Wildman–Crippen LogP) is 4.37. The molecule has 2 rings (SSSR count). The number of hydrogen-bond donors (Lipinski definition) is 1. The molecule has 0 aliphatic heterocycles. The molecule has 0 aliphatic rings. The second-order valence-electron chi connectivity index (χ2n) is 3.42. The third-order valence-electron chi connectivity index (χ3n) is 2.46. The highest BCUT2D eigenvalue weighted by Crippen LogP contribution is 2.21. The maximum absolute atomic E-state index is 3.35. The van der Waals surface area contributed by atoms with E-state index in [0.717, 1.165) is 0 Å². The molecule has 0 radical (unpaired) electrons. The monoisotopic (exact) mass is 191 g/mol. The van der Waals surface area contributed by atoms with Gasteiger partial charge in [-0.25, -0.2) is 0 Å². The molecule has 1 N–H and O–H groups in total. The molecule has 1 nitrogen and oxygen atoms in total. The zero-order valence-corrected chi connectivity index (χ0v) is 9.73. The first kappa shape index (κ1) is 10.8. The van der Waals surface area contributed by atoms with Crippen molar-refractivity contribution < 1.29 is 1.43 Å². The number of H-pyrrole nitrogens is 1. The molecule has 1 aromatic heterocycles. The number of hydrogen-bond acceptors (Lipinski definition) is 0. The van der Waals surface area contributed by atoms with Crippen LogP contribution >= 0.6 is 0 Å². The summed E-state index contributed by atoms with van der Waals surface area (Å²) in [7, 11) is 0. The summed E-state index contributed by atoms with van der Waals surface area (Å²) in [6.07, 6.45) is 0. The van der Waals surface area contributed by atoms with E-state index in [0.29, 0.717) is 0 Å². The van der Waals surface area contributed by atoms with Gasteiger partial charge in [-0.3, -0.25) is 0 Å². The van der Waals surface area contributed by atoms with Crippen molar-refractivity contribution >= 4 is 10.9 Å². The highest BCUT2D eigenvalue weighted by molar-refractivity contribution is 5.84. The number of fused-ring (bicyclic) bond motifs is 1. The van der Waals surface area contributed by atoms with E-state index in [1.165, 1.54) is 27.7 Å². The number of aromatic nitrogens is 1. The zero-order chi connectivity index (χ0) is 10.7. The number of benzene rings is 1. The Hall–Kier alpha value is -1.24. The molecule has 0 unspecified atom stereocenters. The van der Waals surface area contributed by atoms with Crippen LogP contribution in [0.3, 0.4) is 0 Å². The van der Waals surface area contributed by atoms with Crippen LogP contribution in [0, 0.1) is 20.8 Å². The van der Waals surface area contributed by atoms with Crippen LogP contribution in [0.1, 0.15) is 32.1 Å². The summed E-state index contributed by atoms with van der Waals surface area (Å²) in [5, 5.41) is 1.35. The first-order chi connectivity index (χ1) is 6.68. The lowest BCUT2D eigenvalue weighted by atomic mass is 10.1. The molecule has 0 spiro atoms. The van der Waals surface area contributed by atoms with Crippen LogP contribution in [-0.2, 0) is 0 Å². The molecule has 0 fully saturated rings. The van der Waals surface area contributed by atoms with Crippen LogP contribution in [-0.4, -0.2) is 4.98 Å². The normalized spacial score (nSPS) is 9.79. The van der Waals surface area contributed by atoms with Gasteiger partial charge in [0, 0.05) is 18.0 Å². The average Bonchev–Trinajstić information content (AvgIpc) is 2.48. The molecular formula is C13H21N. The Balaban J connectivity index is 0.000000617. The molecule has 0 aliphatic carbocycles. The SMILES string of the molecule is CC.Cc1ccc2[nH]c(C)c(C)c2c1.[HH]. The third kappa shape index (κ3) is 1.82. The van der Waals surface area contributed by atoms with Gasteiger partial charge in [-0.05, 0) is 38.5 Å². The van der Waals surface area contributed by atoms with Gasteiger partial charge in [-0.1, -0.05) is 25.5 Å². The first-order valence-electron chi connectivity index (χ1n) is 5.24. The van der Waals surface area contributed by atoms with E-state index in [1.54, 1.807) is 0 Å². The quantitative estimate of drug-likeness (QED) is 0.636. The molecule has 0 saturated heterocycles. The molecule has 0 bridgehead atoms. The van der Waals surface area contributed by atoms with Crippen LogP contribution in [0.15, 0.2) is 18.2 Å². The number of aryl methyl sites for hydroxylation is 3. The molecule has 14 heavy (non-hydrogen) atoms. The van der Waals surface area contributed by atoms with Gasteiger partial charge in [0.25, 0.3) is 0 Å². The first-order valence-corrected chi connectivity index (χ1v) is 5.24. The summed E-state index contributed by atoms with van der Waals surface area (Å²) in [5.41, 5.74) is 5.21. The van der Waals surface area contributed by atoms with E-state index in [1.807, 2.05) is 13.8 Å². The van der Waals surface area contributed by atoms with Crippen molar-refractivity contribution in [2.24, 2.45) is 0 Å². The van der Waals surface area contributed by atoms with Crippen molar-refractivity contribution in [3.63, 3.8) is 0 Å². The fraction of sp³-hybridized carbons (Fsp3) is 0.385. The van der Waals surface area contributed by atoms with Crippen molar-refractivity contribution in [2.75, 3.05) is 0 Å². The minimum absolute atomic E-state index is 0. The van der Waals surface area contributed by atoms with Gasteiger partial charge in [-0.15, -0.1) is 0 Å². The van der Waals surface area contributed by atoms with Crippen molar-refractivity contribution in [3.8, 4) is 0 Å². The fourth-order valence-corrected chi connectivity index (χ4v) is 1.58. The maximum Gasteiger partial charge on any atom is 0.0458 e. The summed E-state index contributed by atoms with van der Waals surface area (Å²) >= 11 is 0. The maximum atomic E-state index is 3.35. The minimum atomic E-state index is 0. The standard InChI is InChI=1S/C11H13N.C2H6.H2/c1-7-4-5-11-10(6-7)8(2)9(3)12-11;1-2;/h4-6,12H,1-3H3;1-2H3;1H. The van der Waals surface area contributed by atoms with Gasteiger partial charge >= 0.3 is 0 Å². The van der Waals surface area contributed by atoms with Crippen molar-refractivity contribution in [1.82, 2.24) is 4.98 Å². The molecule has 0 atom stereocenters. The smallest absolute Gasteiger partial charge is 0.0458 e. The van der Waals surface area contributed by atoms with Crippen molar-refractivity contribution in [2.45, 2.75) is 34.6 Å². The molecule has 1 heteroatoms. The van der Waals surface area contributed by atoms with E-state index in [4.69, 9.17) is 0 Å². The third-order valence-corrected chi connectivity index (χ3v) is 2.46. The van der Waals surface area contributed by atoms with Gasteiger partial charge in [0.2, 0.25) is 0 Å². The van der Waals surface area contributed by atoms with E-state index >= 15 is 0 Å². The summed E-state index contributed by atoms with van der Waals surface area (Å²) < 4.78 is 0. The average molecular weight is 191 g/mol. The fourth-order valence-electron chi connectivity index (χ4n) is 1.58. The lowest BCUT2D eigenvalue weighted by Crippen LogP contribution is -1.72. The Kier molecular flexibility index (Phi) is 3.34. The van der Waals surface area contributed by atoms with Crippen LogP contribution in [0.25, 0.3) is 10.9 Å². The Morgan fingerprint density at radius 1 is 1.07 bits per heavy atom. The van der Waals surface area contributed by atoms with Gasteiger partial charge in [0.1, 0.15) is 0 Å². The number of nitrogens with one attached hydrogen (secondary N) is 1. The summed E-state index contributed by atoms with van der Waals surface area (Å²) in [6.45, 7) is 10.4. The topological polar surface area (TPSA) is 15.8 Å². The predicted molar refractivity (Wildman–Crippen MR) is 66.0 cm³/mol. The Bertz CT molecular complexity index is 429. The van der Waals surface area contributed by atoms with E-state index < -0.39 is 0 Å². The molecule has 0 saturated carbocycles.